The molecule has 0 aromatic rings. The van der Waals surface area contributed by atoms with E-state index in [0.29, 0.717) is 0 Å². The summed E-state index contributed by atoms with van der Waals surface area (Å²) in [7, 11) is -3.13. The van der Waals surface area contributed by atoms with Crippen molar-refractivity contribution in [3.63, 3.8) is 0 Å². The molecule has 0 amide bonds. The lowest BCUT2D eigenvalue weighted by Crippen LogP contribution is -2.29. The molecule has 5 heteroatoms. The first-order valence-corrected chi connectivity index (χ1v) is 5.04. The van der Waals surface area contributed by atoms with Crippen LogP contribution in [0.5, 0.6) is 0 Å². The van der Waals surface area contributed by atoms with E-state index >= 15 is 0 Å². The summed E-state index contributed by atoms with van der Waals surface area (Å²) < 4.78 is 23.9. The Hall–Kier alpha value is -0.600. The normalized spacial score (nSPS) is 13.9. The summed E-state index contributed by atoms with van der Waals surface area (Å²) in [6.07, 6.45) is 0. The van der Waals surface area contributed by atoms with Crippen LogP contribution in [0.2, 0.25) is 0 Å². The van der Waals surface area contributed by atoms with Crippen molar-refractivity contribution in [2.45, 2.75) is 13.8 Å². The molecule has 0 bridgehead atoms. The van der Waals surface area contributed by atoms with Crippen LogP contribution in [-0.4, -0.2) is 20.7 Å². The Bertz CT molecular complexity index is 240. The van der Waals surface area contributed by atoms with Gasteiger partial charge >= 0.3 is 0 Å². The molecular formula is C6H12N2O2S. The van der Waals surface area contributed by atoms with Crippen LogP contribution in [0.3, 0.4) is 0 Å². The van der Waals surface area contributed by atoms with E-state index in [2.05, 4.69) is 4.72 Å². The van der Waals surface area contributed by atoms with Gasteiger partial charge in [0, 0.05) is 6.54 Å². The van der Waals surface area contributed by atoms with Crippen molar-refractivity contribution in [1.29, 1.82) is 5.26 Å². The molecule has 0 fully saturated rings. The zero-order chi connectivity index (χ0) is 8.91. The van der Waals surface area contributed by atoms with Gasteiger partial charge in [-0.05, 0) is 13.8 Å². The van der Waals surface area contributed by atoms with Crippen molar-refractivity contribution >= 4 is 10.0 Å². The standard InChI is InChI=1S/C6H12N2O2S/c1-3-11(9,10)8-5-6(2)4-7/h6,8H,3,5H2,1-2H3. The van der Waals surface area contributed by atoms with Crippen LogP contribution >= 0.6 is 0 Å². The molecule has 0 heterocycles. The Balaban J connectivity index is 3.83. The predicted octanol–water partition coefficient (Wildman–Crippen LogP) is 0.0854. The zero-order valence-electron chi connectivity index (χ0n) is 6.66. The molecule has 0 saturated carbocycles. The van der Waals surface area contributed by atoms with E-state index in [1.54, 1.807) is 13.8 Å². The van der Waals surface area contributed by atoms with Gasteiger partial charge in [-0.2, -0.15) is 5.26 Å². The van der Waals surface area contributed by atoms with Crippen LogP contribution in [0.25, 0.3) is 0 Å². The number of hydrogen-bond donors (Lipinski definition) is 1. The lowest BCUT2D eigenvalue weighted by atomic mass is 10.2. The van der Waals surface area contributed by atoms with E-state index in [-0.39, 0.29) is 18.2 Å². The highest BCUT2D eigenvalue weighted by Gasteiger charge is 2.07. The number of nitrogens with zero attached hydrogens (tertiary/aromatic N) is 1. The fourth-order valence-corrected chi connectivity index (χ4v) is 1.11. The first-order valence-electron chi connectivity index (χ1n) is 3.38. The van der Waals surface area contributed by atoms with Gasteiger partial charge in [0.2, 0.25) is 10.0 Å². The minimum atomic E-state index is -3.13. The Morgan fingerprint density at radius 3 is 2.55 bits per heavy atom. The summed E-state index contributed by atoms with van der Waals surface area (Å²) >= 11 is 0. The molecule has 0 saturated heterocycles. The van der Waals surface area contributed by atoms with Crippen LogP contribution in [0.4, 0.5) is 0 Å². The van der Waals surface area contributed by atoms with E-state index in [4.69, 9.17) is 5.26 Å². The lowest BCUT2D eigenvalue weighted by molar-refractivity contribution is 0.574. The lowest BCUT2D eigenvalue weighted by Gasteiger charge is -2.03. The Morgan fingerprint density at radius 2 is 2.18 bits per heavy atom. The third-order valence-corrected chi connectivity index (χ3v) is 2.58. The average Bonchev–Trinajstić information content (AvgIpc) is 2.00. The molecular weight excluding hydrogens is 164 g/mol. The fraction of sp³-hybridized carbons (Fsp3) is 0.833. The second kappa shape index (κ2) is 4.31. The molecule has 0 aromatic carbocycles. The van der Waals surface area contributed by atoms with Gasteiger partial charge in [0.05, 0.1) is 17.7 Å². The second-order valence-corrected chi connectivity index (χ2v) is 4.38. The Labute approximate surface area is 67.3 Å². The summed E-state index contributed by atoms with van der Waals surface area (Å²) in [5, 5.41) is 8.32. The minimum Gasteiger partial charge on any atom is -0.214 e. The van der Waals surface area contributed by atoms with Gasteiger partial charge in [-0.25, -0.2) is 13.1 Å². The van der Waals surface area contributed by atoms with Gasteiger partial charge in [0.25, 0.3) is 0 Å². The molecule has 0 aliphatic rings. The van der Waals surface area contributed by atoms with Gasteiger partial charge < -0.3 is 0 Å². The maximum Gasteiger partial charge on any atom is 0.211 e. The summed E-state index contributed by atoms with van der Waals surface area (Å²) in [5.74, 6) is -0.207. The summed E-state index contributed by atoms with van der Waals surface area (Å²) in [5.41, 5.74) is 0. The molecule has 0 radical (unpaired) electrons. The maximum absolute atomic E-state index is 10.8. The van der Waals surface area contributed by atoms with Crippen molar-refractivity contribution in [3.8, 4) is 6.07 Å². The predicted molar refractivity (Wildman–Crippen MR) is 42.2 cm³/mol. The van der Waals surface area contributed by atoms with Crippen molar-refractivity contribution in [2.24, 2.45) is 5.92 Å². The highest BCUT2D eigenvalue weighted by molar-refractivity contribution is 7.89. The average molecular weight is 176 g/mol. The summed E-state index contributed by atoms with van der Waals surface area (Å²) in [6, 6.07) is 1.93. The minimum absolute atomic E-state index is 0.0607. The summed E-state index contributed by atoms with van der Waals surface area (Å²) in [4.78, 5) is 0. The molecule has 0 aliphatic heterocycles. The quantitative estimate of drug-likeness (QED) is 0.659. The van der Waals surface area contributed by atoms with Crippen molar-refractivity contribution in [3.05, 3.63) is 0 Å². The summed E-state index contributed by atoms with van der Waals surface area (Å²) in [6.45, 7) is 3.42. The SMILES string of the molecule is CCS(=O)(=O)NCC(C)C#N. The van der Waals surface area contributed by atoms with Crippen molar-refractivity contribution in [2.75, 3.05) is 12.3 Å². The van der Waals surface area contributed by atoms with Crippen molar-refractivity contribution < 1.29 is 8.42 Å². The van der Waals surface area contributed by atoms with E-state index in [0.717, 1.165) is 0 Å². The number of nitriles is 1. The van der Waals surface area contributed by atoms with Crippen LogP contribution < -0.4 is 4.72 Å². The topological polar surface area (TPSA) is 70.0 Å². The number of nitrogens with one attached hydrogen (secondary N) is 1. The first kappa shape index (κ1) is 10.4. The van der Waals surface area contributed by atoms with E-state index in [1.165, 1.54) is 0 Å². The second-order valence-electron chi connectivity index (χ2n) is 2.28. The fourth-order valence-electron chi connectivity index (χ4n) is 0.400. The third-order valence-electron chi connectivity index (χ3n) is 1.21. The van der Waals surface area contributed by atoms with E-state index in [9.17, 15) is 8.42 Å². The van der Waals surface area contributed by atoms with Gasteiger partial charge in [0.15, 0.2) is 0 Å². The van der Waals surface area contributed by atoms with Crippen molar-refractivity contribution in [1.82, 2.24) is 4.72 Å². The molecule has 0 aromatic heterocycles. The van der Waals surface area contributed by atoms with Crippen LogP contribution in [0.15, 0.2) is 0 Å². The molecule has 64 valence electrons. The van der Waals surface area contributed by atoms with E-state index < -0.39 is 10.0 Å². The van der Waals surface area contributed by atoms with Gasteiger partial charge in [-0.1, -0.05) is 0 Å². The molecule has 1 N–H and O–H groups in total. The highest BCUT2D eigenvalue weighted by atomic mass is 32.2. The zero-order valence-corrected chi connectivity index (χ0v) is 7.48. The number of hydrogen-bond acceptors (Lipinski definition) is 3. The Morgan fingerprint density at radius 1 is 1.64 bits per heavy atom. The van der Waals surface area contributed by atoms with Gasteiger partial charge in [0.1, 0.15) is 0 Å². The Kier molecular flexibility index (Phi) is 4.08. The van der Waals surface area contributed by atoms with Crippen LogP contribution in [-0.2, 0) is 10.0 Å². The molecule has 11 heavy (non-hydrogen) atoms. The van der Waals surface area contributed by atoms with E-state index in [1.807, 2.05) is 6.07 Å². The molecule has 0 spiro atoms. The monoisotopic (exact) mass is 176 g/mol. The molecule has 0 rings (SSSR count). The first-order chi connectivity index (χ1) is 5.02. The smallest absolute Gasteiger partial charge is 0.211 e. The largest absolute Gasteiger partial charge is 0.214 e. The van der Waals surface area contributed by atoms with Gasteiger partial charge in [-0.3, -0.25) is 0 Å². The van der Waals surface area contributed by atoms with Crippen LogP contribution in [0.1, 0.15) is 13.8 Å². The molecule has 0 aliphatic carbocycles. The molecule has 1 atom stereocenters. The highest BCUT2D eigenvalue weighted by Crippen LogP contribution is 1.90. The number of sulfonamides is 1. The third kappa shape index (κ3) is 4.76. The molecule has 4 nitrogen and oxygen atoms in total. The molecule has 1 unspecified atom stereocenters. The number of rotatable bonds is 4. The maximum atomic E-state index is 10.8. The van der Waals surface area contributed by atoms with Gasteiger partial charge in [-0.15, -0.1) is 0 Å². The van der Waals surface area contributed by atoms with Crippen LogP contribution in [0, 0.1) is 17.2 Å².